The average molecular weight is 442 g/mol. The zero-order valence-electron chi connectivity index (χ0n) is 16.2. The van der Waals surface area contributed by atoms with E-state index in [9.17, 15) is 9.59 Å². The van der Waals surface area contributed by atoms with Crippen LogP contribution in [0.3, 0.4) is 0 Å². The summed E-state index contributed by atoms with van der Waals surface area (Å²) in [5.41, 5.74) is 0.633. The summed E-state index contributed by atoms with van der Waals surface area (Å²) >= 11 is 7.18. The Kier molecular flexibility index (Phi) is 7.70. The molecule has 1 atom stereocenters. The standard InChI is InChI=1S/C22H20ClN3O3S/c1-15(22(28)26-20-11-10-16(23)13-24-20)30-19-9-5-6-17(12-19)25-21(27)14-29-18-7-3-2-4-8-18/h2-13,15H,14H2,1H3,(H,25,27)(H,24,26,28). The molecule has 0 saturated carbocycles. The molecule has 6 nitrogen and oxygen atoms in total. The molecular formula is C22H20ClN3O3S. The van der Waals surface area contributed by atoms with Crippen LogP contribution in [-0.4, -0.2) is 28.7 Å². The number of para-hydroxylation sites is 1. The van der Waals surface area contributed by atoms with Gasteiger partial charge in [-0.25, -0.2) is 4.98 Å². The maximum Gasteiger partial charge on any atom is 0.262 e. The lowest BCUT2D eigenvalue weighted by atomic mass is 10.3. The summed E-state index contributed by atoms with van der Waals surface area (Å²) in [7, 11) is 0. The Morgan fingerprint density at radius 3 is 2.60 bits per heavy atom. The highest BCUT2D eigenvalue weighted by Crippen LogP contribution is 2.26. The van der Waals surface area contributed by atoms with Crippen LogP contribution in [0.2, 0.25) is 5.02 Å². The number of hydrogen-bond acceptors (Lipinski definition) is 5. The maximum absolute atomic E-state index is 12.4. The van der Waals surface area contributed by atoms with Gasteiger partial charge >= 0.3 is 0 Å². The molecule has 2 N–H and O–H groups in total. The lowest BCUT2D eigenvalue weighted by Gasteiger charge is -2.13. The van der Waals surface area contributed by atoms with E-state index in [2.05, 4.69) is 15.6 Å². The molecule has 0 aliphatic heterocycles. The third kappa shape index (κ3) is 6.79. The van der Waals surface area contributed by atoms with Crippen molar-refractivity contribution in [1.82, 2.24) is 4.98 Å². The highest BCUT2D eigenvalue weighted by molar-refractivity contribution is 8.00. The fourth-order valence-corrected chi connectivity index (χ4v) is 3.48. The van der Waals surface area contributed by atoms with Crippen LogP contribution >= 0.6 is 23.4 Å². The van der Waals surface area contributed by atoms with Gasteiger partial charge in [-0.15, -0.1) is 11.8 Å². The minimum atomic E-state index is -0.366. The van der Waals surface area contributed by atoms with Crippen LogP contribution in [0.1, 0.15) is 6.92 Å². The molecule has 1 heterocycles. The number of amides is 2. The molecule has 3 aromatic rings. The number of nitrogens with one attached hydrogen (secondary N) is 2. The molecule has 0 radical (unpaired) electrons. The molecular weight excluding hydrogens is 422 g/mol. The van der Waals surface area contributed by atoms with Crippen LogP contribution in [-0.2, 0) is 9.59 Å². The monoisotopic (exact) mass is 441 g/mol. The van der Waals surface area contributed by atoms with Gasteiger partial charge in [-0.1, -0.05) is 35.9 Å². The van der Waals surface area contributed by atoms with Crippen LogP contribution in [0.4, 0.5) is 11.5 Å². The fraction of sp³-hybridized carbons (Fsp3) is 0.136. The van der Waals surface area contributed by atoms with Crippen molar-refractivity contribution < 1.29 is 14.3 Å². The second-order valence-electron chi connectivity index (χ2n) is 6.29. The van der Waals surface area contributed by atoms with E-state index in [0.29, 0.717) is 22.3 Å². The smallest absolute Gasteiger partial charge is 0.262 e. The normalized spacial score (nSPS) is 11.4. The lowest BCUT2D eigenvalue weighted by Crippen LogP contribution is -2.23. The van der Waals surface area contributed by atoms with E-state index in [1.165, 1.54) is 18.0 Å². The molecule has 8 heteroatoms. The van der Waals surface area contributed by atoms with Crippen molar-refractivity contribution in [3.05, 3.63) is 77.9 Å². The first-order valence-electron chi connectivity index (χ1n) is 9.16. The molecule has 2 amide bonds. The molecule has 154 valence electrons. The predicted octanol–water partition coefficient (Wildman–Crippen LogP) is 4.87. The second kappa shape index (κ2) is 10.7. The summed E-state index contributed by atoms with van der Waals surface area (Å²) in [6.45, 7) is 1.71. The molecule has 1 aromatic heterocycles. The van der Waals surface area contributed by atoms with Gasteiger partial charge < -0.3 is 15.4 Å². The summed E-state index contributed by atoms with van der Waals surface area (Å²) in [4.78, 5) is 29.4. The Bertz CT molecular complexity index is 1000. The molecule has 0 aliphatic rings. The quantitative estimate of drug-likeness (QED) is 0.487. The first-order chi connectivity index (χ1) is 14.5. The van der Waals surface area contributed by atoms with Gasteiger partial charge in [0, 0.05) is 16.8 Å². The Labute approximate surface area is 184 Å². The third-order valence-corrected chi connectivity index (χ3v) is 5.21. The van der Waals surface area contributed by atoms with Crippen molar-refractivity contribution in [2.75, 3.05) is 17.2 Å². The van der Waals surface area contributed by atoms with Gasteiger partial charge in [0.1, 0.15) is 11.6 Å². The molecule has 0 aliphatic carbocycles. The zero-order valence-corrected chi connectivity index (χ0v) is 17.7. The van der Waals surface area contributed by atoms with Crippen molar-refractivity contribution in [3.8, 4) is 5.75 Å². The summed E-state index contributed by atoms with van der Waals surface area (Å²) in [6, 6.07) is 19.7. The topological polar surface area (TPSA) is 80.3 Å². The van der Waals surface area contributed by atoms with Gasteiger partial charge in [0.2, 0.25) is 5.91 Å². The molecule has 0 bridgehead atoms. The van der Waals surface area contributed by atoms with Crippen molar-refractivity contribution in [1.29, 1.82) is 0 Å². The number of carbonyl (C=O) groups excluding carboxylic acids is 2. The SMILES string of the molecule is CC(Sc1cccc(NC(=O)COc2ccccc2)c1)C(=O)Nc1ccc(Cl)cn1. The lowest BCUT2D eigenvalue weighted by molar-refractivity contribution is -0.118. The van der Waals surface area contributed by atoms with E-state index in [-0.39, 0.29) is 23.7 Å². The number of thioether (sulfide) groups is 1. The van der Waals surface area contributed by atoms with Crippen LogP contribution in [0.25, 0.3) is 0 Å². The predicted molar refractivity (Wildman–Crippen MR) is 120 cm³/mol. The molecule has 0 spiro atoms. The van der Waals surface area contributed by atoms with E-state index in [4.69, 9.17) is 16.3 Å². The second-order valence-corrected chi connectivity index (χ2v) is 8.14. The van der Waals surface area contributed by atoms with Crippen LogP contribution in [0.15, 0.2) is 77.8 Å². The first-order valence-corrected chi connectivity index (χ1v) is 10.4. The number of halogens is 1. The molecule has 0 fully saturated rings. The largest absolute Gasteiger partial charge is 0.484 e. The highest BCUT2D eigenvalue weighted by atomic mass is 35.5. The van der Waals surface area contributed by atoms with Gasteiger partial charge in [0.25, 0.3) is 5.91 Å². The van der Waals surface area contributed by atoms with Crippen molar-refractivity contribution in [2.24, 2.45) is 0 Å². The Morgan fingerprint density at radius 2 is 1.87 bits per heavy atom. The highest BCUT2D eigenvalue weighted by Gasteiger charge is 2.15. The van der Waals surface area contributed by atoms with Crippen molar-refractivity contribution in [2.45, 2.75) is 17.1 Å². The number of benzene rings is 2. The van der Waals surface area contributed by atoms with E-state index in [0.717, 1.165) is 4.90 Å². The average Bonchev–Trinajstić information content (AvgIpc) is 2.75. The Hall–Kier alpha value is -3.03. The molecule has 30 heavy (non-hydrogen) atoms. The van der Waals surface area contributed by atoms with Crippen LogP contribution in [0.5, 0.6) is 5.75 Å². The van der Waals surface area contributed by atoms with E-state index >= 15 is 0 Å². The van der Waals surface area contributed by atoms with Crippen LogP contribution < -0.4 is 15.4 Å². The summed E-state index contributed by atoms with van der Waals surface area (Å²) in [6.07, 6.45) is 1.47. The first kappa shape index (κ1) is 21.7. The van der Waals surface area contributed by atoms with Gasteiger partial charge in [0.05, 0.1) is 10.3 Å². The van der Waals surface area contributed by atoms with Gasteiger partial charge in [-0.05, 0) is 49.4 Å². The number of rotatable bonds is 8. The number of nitrogens with zero attached hydrogens (tertiary/aromatic N) is 1. The van der Waals surface area contributed by atoms with E-state index < -0.39 is 0 Å². The third-order valence-electron chi connectivity index (χ3n) is 3.89. The Morgan fingerprint density at radius 1 is 1.07 bits per heavy atom. The summed E-state index contributed by atoms with van der Waals surface area (Å²) in [5, 5.41) is 5.69. The fourth-order valence-electron chi connectivity index (χ4n) is 2.45. The van der Waals surface area contributed by atoms with Gasteiger partial charge in [-0.2, -0.15) is 0 Å². The minimum absolute atomic E-state index is 0.0890. The number of carbonyl (C=O) groups is 2. The van der Waals surface area contributed by atoms with Gasteiger partial charge in [0.15, 0.2) is 6.61 Å². The van der Waals surface area contributed by atoms with Crippen molar-refractivity contribution in [3.63, 3.8) is 0 Å². The molecule has 3 rings (SSSR count). The number of anilines is 2. The number of hydrogen-bond donors (Lipinski definition) is 2. The molecule has 2 aromatic carbocycles. The maximum atomic E-state index is 12.4. The van der Waals surface area contributed by atoms with Crippen molar-refractivity contribution >= 4 is 46.7 Å². The van der Waals surface area contributed by atoms with E-state index in [1.807, 2.05) is 36.4 Å². The molecule has 1 unspecified atom stereocenters. The number of aromatic nitrogens is 1. The summed E-state index contributed by atoms with van der Waals surface area (Å²) in [5.74, 6) is 0.629. The zero-order chi connectivity index (χ0) is 21.3. The van der Waals surface area contributed by atoms with E-state index in [1.54, 1.807) is 37.3 Å². The number of pyridine rings is 1. The number of ether oxygens (including phenoxy) is 1. The Balaban J connectivity index is 1.52. The minimum Gasteiger partial charge on any atom is -0.484 e. The summed E-state index contributed by atoms with van der Waals surface area (Å²) < 4.78 is 5.45. The van der Waals surface area contributed by atoms with Gasteiger partial charge in [-0.3, -0.25) is 9.59 Å². The van der Waals surface area contributed by atoms with Crippen LogP contribution in [0, 0.1) is 0 Å². The molecule has 0 saturated heterocycles.